The number of esters is 2. The molecule has 32 heavy (non-hydrogen) atoms. The van der Waals surface area contributed by atoms with Gasteiger partial charge in [-0.3, -0.25) is 14.9 Å². The second-order valence-corrected chi connectivity index (χ2v) is 7.28. The van der Waals surface area contributed by atoms with Gasteiger partial charge in [-0.2, -0.15) is 0 Å². The normalized spacial score (nSPS) is 28.9. The van der Waals surface area contributed by atoms with Crippen molar-refractivity contribution in [1.82, 2.24) is 0 Å². The van der Waals surface area contributed by atoms with Gasteiger partial charge in [0, 0.05) is 25.6 Å². The molecule has 174 valence electrons. The van der Waals surface area contributed by atoms with Crippen molar-refractivity contribution in [3.63, 3.8) is 0 Å². The minimum Gasteiger partial charge on any atom is -0.454 e. The van der Waals surface area contributed by atoms with Crippen molar-refractivity contribution < 1.29 is 43.2 Å². The molecule has 1 fully saturated rings. The summed E-state index contributed by atoms with van der Waals surface area (Å²) in [7, 11) is 1.33. The lowest BCUT2D eigenvalue weighted by atomic mass is 9.98. The SMILES string of the molecule is CO[C@H]1O[C@H](CO)[C@@H](OC(=O)Nc2ccccc2)[C@@H]2OC(=O)CCC=CCCC(=O)O[C@H]12. The first kappa shape index (κ1) is 23.7. The molecule has 0 aliphatic carbocycles. The van der Waals surface area contributed by atoms with E-state index in [1.165, 1.54) is 7.11 Å². The molecule has 1 aromatic rings. The smallest absolute Gasteiger partial charge is 0.412 e. The maximum atomic E-state index is 12.5. The first-order valence-corrected chi connectivity index (χ1v) is 10.4. The van der Waals surface area contributed by atoms with E-state index in [0.29, 0.717) is 18.5 Å². The lowest BCUT2D eigenvalue weighted by Crippen LogP contribution is -2.62. The van der Waals surface area contributed by atoms with Gasteiger partial charge in [-0.25, -0.2) is 4.79 Å². The fourth-order valence-corrected chi connectivity index (χ4v) is 3.47. The molecule has 3 rings (SSSR count). The summed E-state index contributed by atoms with van der Waals surface area (Å²) in [5.41, 5.74) is 0.481. The summed E-state index contributed by atoms with van der Waals surface area (Å²) >= 11 is 0. The monoisotopic (exact) mass is 449 g/mol. The number of amides is 1. The number of allylic oxidation sites excluding steroid dienone is 2. The van der Waals surface area contributed by atoms with E-state index >= 15 is 0 Å². The van der Waals surface area contributed by atoms with E-state index in [0.717, 1.165) is 0 Å². The molecule has 2 aliphatic rings. The summed E-state index contributed by atoms with van der Waals surface area (Å²) in [6.45, 7) is -0.555. The Kier molecular flexibility index (Phi) is 8.60. The van der Waals surface area contributed by atoms with Gasteiger partial charge in [-0.05, 0) is 25.0 Å². The van der Waals surface area contributed by atoms with Crippen LogP contribution in [0.5, 0.6) is 0 Å². The number of hydrogen-bond acceptors (Lipinski definition) is 9. The molecule has 5 atom stereocenters. The van der Waals surface area contributed by atoms with Gasteiger partial charge in [0.2, 0.25) is 0 Å². The average Bonchev–Trinajstić information content (AvgIpc) is 2.78. The Bertz CT molecular complexity index is 813. The van der Waals surface area contributed by atoms with Gasteiger partial charge >= 0.3 is 18.0 Å². The van der Waals surface area contributed by atoms with Crippen molar-refractivity contribution in [3.05, 3.63) is 42.5 Å². The van der Waals surface area contributed by atoms with Crippen LogP contribution in [-0.4, -0.2) is 67.6 Å². The van der Waals surface area contributed by atoms with Crippen molar-refractivity contribution in [3.8, 4) is 0 Å². The second kappa shape index (κ2) is 11.6. The number of anilines is 1. The molecule has 0 saturated carbocycles. The number of benzene rings is 1. The van der Waals surface area contributed by atoms with Crippen molar-refractivity contribution in [1.29, 1.82) is 0 Å². The van der Waals surface area contributed by atoms with Crippen LogP contribution >= 0.6 is 0 Å². The van der Waals surface area contributed by atoms with Crippen molar-refractivity contribution in [2.45, 2.75) is 56.4 Å². The van der Waals surface area contributed by atoms with Crippen LogP contribution in [0.4, 0.5) is 10.5 Å². The number of aliphatic hydroxyl groups is 1. The number of nitrogens with one attached hydrogen (secondary N) is 1. The highest BCUT2D eigenvalue weighted by atomic mass is 16.7. The number of ether oxygens (including phenoxy) is 5. The maximum Gasteiger partial charge on any atom is 0.412 e. The molecule has 0 radical (unpaired) electrons. The number of fused-ring (bicyclic) bond motifs is 1. The Morgan fingerprint density at radius 2 is 1.69 bits per heavy atom. The Hall–Kier alpha value is -2.95. The zero-order valence-electron chi connectivity index (χ0n) is 17.7. The van der Waals surface area contributed by atoms with E-state index in [9.17, 15) is 19.5 Å². The zero-order chi connectivity index (χ0) is 22.9. The van der Waals surface area contributed by atoms with Gasteiger partial charge in [-0.15, -0.1) is 0 Å². The van der Waals surface area contributed by atoms with Gasteiger partial charge < -0.3 is 28.8 Å². The third-order valence-corrected chi connectivity index (χ3v) is 5.00. The molecule has 1 amide bonds. The van der Waals surface area contributed by atoms with E-state index in [1.54, 1.807) is 42.5 Å². The maximum absolute atomic E-state index is 12.5. The molecule has 1 saturated heterocycles. The van der Waals surface area contributed by atoms with Gasteiger partial charge in [0.05, 0.1) is 6.61 Å². The molecule has 10 heteroatoms. The largest absolute Gasteiger partial charge is 0.454 e. The van der Waals surface area contributed by atoms with Gasteiger partial charge in [0.15, 0.2) is 24.6 Å². The fourth-order valence-electron chi connectivity index (χ4n) is 3.47. The standard InChI is InChI=1S/C22H27NO9/c1-28-21-20-19(30-16(25)11-7-2-3-8-12-17(26)31-20)18(15(13-24)29-21)32-22(27)23-14-9-5-4-6-10-14/h2-6,9-10,15,18-21,24H,7-8,11-13H2,1H3,(H,23,27)/t15-,18-,19+,20+,21+/m1/s1. The van der Waals surface area contributed by atoms with E-state index in [1.807, 2.05) is 0 Å². The van der Waals surface area contributed by atoms with Crippen LogP contribution in [0, 0.1) is 0 Å². The molecule has 1 aromatic carbocycles. The quantitative estimate of drug-likeness (QED) is 0.402. The molecular weight excluding hydrogens is 422 g/mol. The zero-order valence-corrected chi connectivity index (χ0v) is 17.7. The Balaban J connectivity index is 1.86. The highest BCUT2D eigenvalue weighted by Gasteiger charge is 2.52. The molecule has 0 bridgehead atoms. The summed E-state index contributed by atoms with van der Waals surface area (Å²) in [5, 5.41) is 12.4. The van der Waals surface area contributed by atoms with Crippen LogP contribution in [0.2, 0.25) is 0 Å². The Morgan fingerprint density at radius 1 is 1.06 bits per heavy atom. The minimum absolute atomic E-state index is 0.0822. The predicted octanol–water partition coefficient (Wildman–Crippen LogP) is 1.92. The van der Waals surface area contributed by atoms with Crippen LogP contribution in [0.15, 0.2) is 42.5 Å². The third-order valence-electron chi connectivity index (χ3n) is 5.00. The van der Waals surface area contributed by atoms with Gasteiger partial charge in [0.1, 0.15) is 6.10 Å². The first-order valence-electron chi connectivity index (χ1n) is 10.4. The van der Waals surface area contributed by atoms with Crippen LogP contribution in [0.3, 0.4) is 0 Å². The predicted molar refractivity (Wildman–Crippen MR) is 110 cm³/mol. The molecular formula is C22H27NO9. The highest BCUT2D eigenvalue weighted by molar-refractivity contribution is 5.84. The number of methoxy groups -OCH3 is 1. The van der Waals surface area contributed by atoms with Gasteiger partial charge in [-0.1, -0.05) is 30.4 Å². The van der Waals surface area contributed by atoms with Crippen LogP contribution < -0.4 is 5.32 Å². The third kappa shape index (κ3) is 6.28. The lowest BCUT2D eigenvalue weighted by Gasteiger charge is -2.43. The number of aliphatic hydroxyl groups excluding tert-OH is 1. The molecule has 2 aliphatic heterocycles. The fraction of sp³-hybridized carbons (Fsp3) is 0.500. The van der Waals surface area contributed by atoms with Crippen molar-refractivity contribution >= 4 is 23.7 Å². The summed E-state index contributed by atoms with van der Waals surface area (Å²) in [5.74, 6) is -1.13. The van der Waals surface area contributed by atoms with Gasteiger partial charge in [0.25, 0.3) is 0 Å². The Morgan fingerprint density at radius 3 is 2.28 bits per heavy atom. The molecule has 0 aromatic heterocycles. The summed E-state index contributed by atoms with van der Waals surface area (Å²) < 4.78 is 27.5. The summed E-state index contributed by atoms with van der Waals surface area (Å²) in [4.78, 5) is 37.3. The first-order chi connectivity index (χ1) is 15.5. The molecule has 2 heterocycles. The van der Waals surface area contributed by atoms with Crippen molar-refractivity contribution in [2.24, 2.45) is 0 Å². The number of para-hydroxylation sites is 1. The van der Waals surface area contributed by atoms with Crippen molar-refractivity contribution in [2.75, 3.05) is 19.0 Å². The molecule has 2 N–H and O–H groups in total. The lowest BCUT2D eigenvalue weighted by molar-refractivity contribution is -0.299. The average molecular weight is 449 g/mol. The number of carbonyl (C=O) groups is 3. The topological polar surface area (TPSA) is 130 Å². The van der Waals surface area contributed by atoms with Crippen LogP contribution in [0.25, 0.3) is 0 Å². The Labute approximate surface area is 185 Å². The molecule has 0 spiro atoms. The number of carbonyl (C=O) groups excluding carboxylic acids is 3. The summed E-state index contributed by atoms with van der Waals surface area (Å²) in [6, 6.07) is 8.58. The number of rotatable bonds is 4. The molecule has 0 unspecified atom stereocenters. The number of hydrogen-bond donors (Lipinski definition) is 2. The minimum atomic E-state index is -1.25. The van der Waals surface area contributed by atoms with E-state index in [2.05, 4.69) is 5.32 Å². The van der Waals surface area contributed by atoms with E-state index in [-0.39, 0.29) is 12.8 Å². The second-order valence-electron chi connectivity index (χ2n) is 7.28. The highest BCUT2D eigenvalue weighted by Crippen LogP contribution is 2.30. The van der Waals surface area contributed by atoms with Crippen LogP contribution in [-0.2, 0) is 33.3 Å². The van der Waals surface area contributed by atoms with E-state index < -0.39 is 55.3 Å². The van der Waals surface area contributed by atoms with E-state index in [4.69, 9.17) is 23.7 Å². The summed E-state index contributed by atoms with van der Waals surface area (Å²) in [6.07, 6.45) is -2.12. The molecule has 10 nitrogen and oxygen atoms in total. The van der Waals surface area contributed by atoms with Crippen LogP contribution in [0.1, 0.15) is 25.7 Å².